The number of carboxylic acid groups (broad SMARTS) is 1. The molecule has 0 saturated carbocycles. The molecule has 0 atom stereocenters. The maximum Gasteiger partial charge on any atom is 0.356 e. The number of halogens is 1. The zero-order valence-corrected chi connectivity index (χ0v) is 13.0. The molecule has 0 spiro atoms. The van der Waals surface area contributed by atoms with E-state index >= 15 is 0 Å². The van der Waals surface area contributed by atoms with Crippen molar-refractivity contribution in [3.63, 3.8) is 0 Å². The van der Waals surface area contributed by atoms with E-state index < -0.39 is 5.97 Å². The van der Waals surface area contributed by atoms with E-state index in [1.54, 1.807) is 11.3 Å². The van der Waals surface area contributed by atoms with Crippen LogP contribution in [-0.2, 0) is 6.54 Å². The average molecular weight is 361 g/mol. The van der Waals surface area contributed by atoms with Crippen LogP contribution < -0.4 is 5.32 Å². The second-order valence-corrected chi connectivity index (χ2v) is 6.55. The first-order valence-corrected chi connectivity index (χ1v) is 7.68. The van der Waals surface area contributed by atoms with Gasteiger partial charge >= 0.3 is 5.97 Å². The van der Waals surface area contributed by atoms with Crippen LogP contribution in [0.15, 0.2) is 15.9 Å². The molecule has 5 nitrogen and oxygen atoms in total. The second-order valence-electron chi connectivity index (χ2n) is 3.64. The second kappa shape index (κ2) is 5.81. The number of aromatic carboxylic acids is 1. The predicted octanol–water partition coefficient (Wildman–Crippen LogP) is 3.48. The number of hydrogen-bond donors (Lipinski definition) is 2. The van der Waals surface area contributed by atoms with E-state index in [9.17, 15) is 9.59 Å². The highest BCUT2D eigenvalue weighted by molar-refractivity contribution is 9.10. The molecule has 0 saturated heterocycles. The number of carbonyl (C=O) groups excluding carboxylic acids is 1. The van der Waals surface area contributed by atoms with Crippen molar-refractivity contribution in [2.24, 2.45) is 0 Å². The fraction of sp³-hybridized carbons (Fsp3) is 0.182. The fourth-order valence-corrected chi connectivity index (χ4v) is 3.63. The zero-order valence-electron chi connectivity index (χ0n) is 9.77. The highest BCUT2D eigenvalue weighted by Crippen LogP contribution is 2.25. The molecule has 100 valence electrons. The Morgan fingerprint density at radius 2 is 2.26 bits per heavy atom. The van der Waals surface area contributed by atoms with Crippen LogP contribution in [0.2, 0.25) is 0 Å². The van der Waals surface area contributed by atoms with Gasteiger partial charge < -0.3 is 10.4 Å². The Morgan fingerprint density at radius 1 is 1.53 bits per heavy atom. The number of nitrogens with zero attached hydrogens (tertiary/aromatic N) is 1. The minimum Gasteiger partial charge on any atom is -0.476 e. The summed E-state index contributed by atoms with van der Waals surface area (Å²) in [5.41, 5.74) is -0.188. The molecular weight excluding hydrogens is 352 g/mol. The van der Waals surface area contributed by atoms with Gasteiger partial charge in [0.2, 0.25) is 0 Å². The van der Waals surface area contributed by atoms with Gasteiger partial charge in [-0.2, -0.15) is 0 Å². The van der Waals surface area contributed by atoms with Gasteiger partial charge in [0.15, 0.2) is 16.6 Å². The number of carbonyl (C=O) groups is 2. The molecule has 0 fully saturated rings. The monoisotopic (exact) mass is 360 g/mol. The SMILES string of the molecule is CC(=O)c1sc(NCc2cc(Br)cs2)nc1C(=O)O. The van der Waals surface area contributed by atoms with Gasteiger partial charge in [-0.25, -0.2) is 9.78 Å². The van der Waals surface area contributed by atoms with Gasteiger partial charge in [0.05, 0.1) is 6.54 Å². The number of carboxylic acids is 1. The number of nitrogens with one attached hydrogen (secondary N) is 1. The van der Waals surface area contributed by atoms with E-state index in [1.807, 2.05) is 11.4 Å². The minimum atomic E-state index is -1.19. The summed E-state index contributed by atoms with van der Waals surface area (Å²) in [4.78, 5) is 27.5. The molecule has 2 N–H and O–H groups in total. The van der Waals surface area contributed by atoms with Crippen LogP contribution in [-0.4, -0.2) is 21.8 Å². The van der Waals surface area contributed by atoms with Gasteiger partial charge in [0.25, 0.3) is 0 Å². The third kappa shape index (κ3) is 3.40. The lowest BCUT2D eigenvalue weighted by molar-refractivity contribution is 0.0687. The molecule has 0 aliphatic heterocycles. The first-order valence-electron chi connectivity index (χ1n) is 5.19. The number of rotatable bonds is 5. The Hall–Kier alpha value is -1.25. The van der Waals surface area contributed by atoms with E-state index in [4.69, 9.17) is 5.11 Å². The molecule has 19 heavy (non-hydrogen) atoms. The summed E-state index contributed by atoms with van der Waals surface area (Å²) >= 11 is 6.00. The quantitative estimate of drug-likeness (QED) is 0.797. The lowest BCUT2D eigenvalue weighted by atomic mass is 10.3. The number of Topliss-reactive ketones (excluding diaryl/α,β-unsaturated/α-hetero) is 1. The maximum atomic E-state index is 11.3. The average Bonchev–Trinajstić information content (AvgIpc) is 2.92. The fourth-order valence-electron chi connectivity index (χ4n) is 1.39. The molecule has 2 aromatic rings. The van der Waals surface area contributed by atoms with Gasteiger partial charge in [-0.1, -0.05) is 11.3 Å². The van der Waals surface area contributed by atoms with Crippen LogP contribution in [0.4, 0.5) is 5.13 Å². The van der Waals surface area contributed by atoms with Crippen molar-refractivity contribution in [2.45, 2.75) is 13.5 Å². The first-order chi connectivity index (χ1) is 8.97. The molecule has 0 unspecified atom stereocenters. The summed E-state index contributed by atoms with van der Waals surface area (Å²) in [7, 11) is 0. The van der Waals surface area contributed by atoms with Gasteiger partial charge in [-0.3, -0.25) is 4.79 Å². The van der Waals surface area contributed by atoms with Gasteiger partial charge in [-0.05, 0) is 22.0 Å². The predicted molar refractivity (Wildman–Crippen MR) is 78.4 cm³/mol. The highest BCUT2D eigenvalue weighted by Gasteiger charge is 2.20. The molecule has 0 aliphatic carbocycles. The van der Waals surface area contributed by atoms with Crippen molar-refractivity contribution in [2.75, 3.05) is 5.32 Å². The van der Waals surface area contributed by atoms with Crippen molar-refractivity contribution in [1.29, 1.82) is 0 Å². The van der Waals surface area contributed by atoms with E-state index in [0.29, 0.717) is 11.7 Å². The summed E-state index contributed by atoms with van der Waals surface area (Å²) in [5, 5.41) is 14.4. The van der Waals surface area contributed by atoms with Crippen molar-refractivity contribution in [3.8, 4) is 0 Å². The molecule has 0 radical (unpaired) electrons. The molecule has 2 aromatic heterocycles. The Bertz CT molecular complexity index is 604. The lowest BCUT2D eigenvalue weighted by Crippen LogP contribution is -2.04. The number of ketones is 1. The van der Waals surface area contributed by atoms with E-state index in [0.717, 1.165) is 20.7 Å². The number of anilines is 1. The van der Waals surface area contributed by atoms with Crippen LogP contribution >= 0.6 is 38.6 Å². The molecule has 0 aliphatic rings. The van der Waals surface area contributed by atoms with Crippen molar-refractivity contribution in [3.05, 3.63) is 31.4 Å². The Kier molecular flexibility index (Phi) is 4.33. The third-order valence-corrected chi connectivity index (χ3v) is 5.00. The molecular formula is C11H9BrN2O3S2. The topological polar surface area (TPSA) is 79.3 Å². The summed E-state index contributed by atoms with van der Waals surface area (Å²) < 4.78 is 1.00. The van der Waals surface area contributed by atoms with Crippen molar-refractivity contribution >= 4 is 55.5 Å². The maximum absolute atomic E-state index is 11.3. The number of thiophene rings is 1. The Morgan fingerprint density at radius 3 is 2.74 bits per heavy atom. The van der Waals surface area contributed by atoms with Gasteiger partial charge in [0, 0.05) is 21.7 Å². The first kappa shape index (κ1) is 14.2. The molecule has 2 heterocycles. The Balaban J connectivity index is 2.15. The largest absolute Gasteiger partial charge is 0.476 e. The van der Waals surface area contributed by atoms with E-state index in [1.165, 1.54) is 6.92 Å². The summed E-state index contributed by atoms with van der Waals surface area (Å²) in [6.07, 6.45) is 0. The molecule has 8 heteroatoms. The standard InChI is InChI=1S/C11H9BrN2O3S2/c1-5(15)9-8(10(16)17)14-11(19-9)13-3-7-2-6(12)4-18-7/h2,4H,3H2,1H3,(H,13,14)(H,16,17). The molecule has 0 amide bonds. The van der Waals surface area contributed by atoms with Gasteiger partial charge in [0.1, 0.15) is 4.88 Å². The van der Waals surface area contributed by atoms with Crippen LogP contribution in [0.25, 0.3) is 0 Å². The summed E-state index contributed by atoms with van der Waals surface area (Å²) in [6, 6.07) is 1.97. The van der Waals surface area contributed by atoms with E-state index in [-0.39, 0.29) is 16.4 Å². The number of aromatic nitrogens is 1. The normalized spacial score (nSPS) is 10.4. The van der Waals surface area contributed by atoms with E-state index in [2.05, 4.69) is 26.2 Å². The molecule has 0 aromatic carbocycles. The van der Waals surface area contributed by atoms with Crippen LogP contribution in [0.3, 0.4) is 0 Å². The lowest BCUT2D eigenvalue weighted by Gasteiger charge is -1.98. The molecule has 2 rings (SSSR count). The smallest absolute Gasteiger partial charge is 0.356 e. The van der Waals surface area contributed by atoms with Crippen molar-refractivity contribution < 1.29 is 14.7 Å². The van der Waals surface area contributed by atoms with Crippen LogP contribution in [0.1, 0.15) is 32.0 Å². The van der Waals surface area contributed by atoms with Crippen LogP contribution in [0.5, 0.6) is 0 Å². The number of hydrogen-bond acceptors (Lipinski definition) is 6. The van der Waals surface area contributed by atoms with Crippen molar-refractivity contribution in [1.82, 2.24) is 4.98 Å². The minimum absolute atomic E-state index is 0.169. The third-order valence-electron chi connectivity index (χ3n) is 2.19. The Labute approximate surface area is 125 Å². The zero-order chi connectivity index (χ0) is 14.0. The molecule has 0 bridgehead atoms. The number of thiazole rings is 1. The highest BCUT2D eigenvalue weighted by atomic mass is 79.9. The summed E-state index contributed by atoms with van der Waals surface area (Å²) in [6.45, 7) is 1.88. The summed E-state index contributed by atoms with van der Waals surface area (Å²) in [5.74, 6) is -1.48. The van der Waals surface area contributed by atoms with Crippen LogP contribution in [0, 0.1) is 0 Å². The van der Waals surface area contributed by atoms with Gasteiger partial charge in [-0.15, -0.1) is 11.3 Å².